The molecule has 0 radical (unpaired) electrons. The summed E-state index contributed by atoms with van der Waals surface area (Å²) in [7, 11) is 0. The summed E-state index contributed by atoms with van der Waals surface area (Å²) in [4.78, 5) is 0. The van der Waals surface area contributed by atoms with Gasteiger partial charge in [-0.1, -0.05) is 0 Å². The van der Waals surface area contributed by atoms with Gasteiger partial charge in [0.1, 0.15) is 11.5 Å². The molecule has 0 aliphatic carbocycles. The predicted octanol–water partition coefficient (Wildman–Crippen LogP) is 1.99. The monoisotopic (exact) mass is 161 g/mol. The minimum Gasteiger partial charge on any atom is -0.394 e. The van der Waals surface area contributed by atoms with Gasteiger partial charge in [-0.2, -0.15) is 0 Å². The second kappa shape index (κ2) is 2.45. The van der Waals surface area contributed by atoms with E-state index in [1.54, 1.807) is 0 Å². The molecule has 4 heteroatoms. The van der Waals surface area contributed by atoms with Gasteiger partial charge in [0.25, 0.3) is 0 Å². The van der Waals surface area contributed by atoms with Crippen molar-refractivity contribution in [2.45, 2.75) is 6.92 Å². The van der Waals surface area contributed by atoms with E-state index in [2.05, 4.69) is 0 Å². The second-order valence-corrected chi connectivity index (χ2v) is 2.22. The standard InChI is InChI=1S/C7H6F3N/c1-3-2-4(8)7(11)6(10)5(3)9/h2H,11H2,1H3. The van der Waals surface area contributed by atoms with Crippen molar-refractivity contribution >= 4 is 5.69 Å². The molecular formula is C7H6F3N. The maximum Gasteiger partial charge on any atom is 0.184 e. The van der Waals surface area contributed by atoms with Gasteiger partial charge in [-0.15, -0.1) is 0 Å². The van der Waals surface area contributed by atoms with E-state index in [4.69, 9.17) is 5.73 Å². The Bertz CT molecular complexity index is 270. The van der Waals surface area contributed by atoms with Crippen LogP contribution in [0, 0.1) is 24.4 Å². The molecule has 1 aromatic rings. The summed E-state index contributed by atoms with van der Waals surface area (Å²) in [5.74, 6) is -3.34. The van der Waals surface area contributed by atoms with Gasteiger partial charge in [0.2, 0.25) is 0 Å². The molecule has 0 aromatic heterocycles. The first-order valence-electron chi connectivity index (χ1n) is 2.93. The lowest BCUT2D eigenvalue weighted by molar-refractivity contribution is 0.494. The fourth-order valence-corrected chi connectivity index (χ4v) is 0.727. The van der Waals surface area contributed by atoms with Crippen LogP contribution in [0.4, 0.5) is 18.9 Å². The minimum absolute atomic E-state index is 0.0887. The van der Waals surface area contributed by atoms with E-state index in [0.717, 1.165) is 6.07 Å². The van der Waals surface area contributed by atoms with Crippen molar-refractivity contribution in [1.82, 2.24) is 0 Å². The highest BCUT2D eigenvalue weighted by Gasteiger charge is 2.13. The second-order valence-electron chi connectivity index (χ2n) is 2.22. The van der Waals surface area contributed by atoms with E-state index in [0.29, 0.717) is 0 Å². The summed E-state index contributed by atoms with van der Waals surface area (Å²) in [6.07, 6.45) is 0. The van der Waals surface area contributed by atoms with Crippen LogP contribution >= 0.6 is 0 Å². The molecule has 0 aliphatic rings. The van der Waals surface area contributed by atoms with Crippen LogP contribution in [-0.4, -0.2) is 0 Å². The van der Waals surface area contributed by atoms with Crippen molar-refractivity contribution in [2.24, 2.45) is 0 Å². The van der Waals surface area contributed by atoms with Crippen LogP contribution in [0.3, 0.4) is 0 Å². The molecule has 0 fully saturated rings. The van der Waals surface area contributed by atoms with E-state index < -0.39 is 23.1 Å². The molecule has 0 unspecified atom stereocenters. The van der Waals surface area contributed by atoms with Gasteiger partial charge in [-0.25, -0.2) is 13.2 Å². The molecule has 0 bridgehead atoms. The third-order valence-electron chi connectivity index (χ3n) is 1.38. The van der Waals surface area contributed by atoms with Crippen molar-refractivity contribution in [3.8, 4) is 0 Å². The van der Waals surface area contributed by atoms with Gasteiger partial charge in [0.15, 0.2) is 11.6 Å². The van der Waals surface area contributed by atoms with Gasteiger partial charge in [0.05, 0.1) is 0 Å². The van der Waals surface area contributed by atoms with E-state index in [1.807, 2.05) is 0 Å². The van der Waals surface area contributed by atoms with E-state index in [1.165, 1.54) is 6.92 Å². The quantitative estimate of drug-likeness (QED) is 0.457. The van der Waals surface area contributed by atoms with E-state index >= 15 is 0 Å². The minimum atomic E-state index is -1.32. The first kappa shape index (κ1) is 7.91. The number of benzene rings is 1. The van der Waals surface area contributed by atoms with Crippen LogP contribution in [0.25, 0.3) is 0 Å². The van der Waals surface area contributed by atoms with Crippen LogP contribution in [-0.2, 0) is 0 Å². The highest BCUT2D eigenvalue weighted by atomic mass is 19.2. The highest BCUT2D eigenvalue weighted by molar-refractivity contribution is 5.43. The van der Waals surface area contributed by atoms with Crippen molar-refractivity contribution in [3.05, 3.63) is 29.1 Å². The number of hydrogen-bond acceptors (Lipinski definition) is 1. The van der Waals surface area contributed by atoms with Gasteiger partial charge >= 0.3 is 0 Å². The molecule has 1 nitrogen and oxygen atoms in total. The van der Waals surface area contributed by atoms with Crippen LogP contribution in [0.1, 0.15) is 5.56 Å². The number of nitrogens with two attached hydrogens (primary N) is 1. The third kappa shape index (κ3) is 1.15. The topological polar surface area (TPSA) is 26.0 Å². The molecule has 0 atom stereocenters. The normalized spacial score (nSPS) is 10.2. The fraction of sp³-hybridized carbons (Fsp3) is 0.143. The summed E-state index contributed by atoms with van der Waals surface area (Å²) in [5.41, 5.74) is 4.00. The van der Waals surface area contributed by atoms with Crippen molar-refractivity contribution in [2.75, 3.05) is 5.73 Å². The summed E-state index contributed by atoms with van der Waals surface area (Å²) < 4.78 is 37.6. The Hall–Kier alpha value is -1.19. The molecule has 0 spiro atoms. The summed E-state index contributed by atoms with van der Waals surface area (Å²) in [6, 6.07) is 0.855. The van der Waals surface area contributed by atoms with Crippen LogP contribution in [0.15, 0.2) is 6.07 Å². The Balaban J connectivity index is 3.46. The molecule has 0 amide bonds. The first-order valence-corrected chi connectivity index (χ1v) is 2.93. The molecular weight excluding hydrogens is 155 g/mol. The molecule has 11 heavy (non-hydrogen) atoms. The lowest BCUT2D eigenvalue weighted by Gasteiger charge is -2.01. The molecule has 0 aliphatic heterocycles. The number of rotatable bonds is 0. The Kier molecular flexibility index (Phi) is 1.76. The number of nitrogen functional groups attached to an aromatic ring is 1. The maximum absolute atomic E-state index is 12.5. The average Bonchev–Trinajstić information content (AvgIpc) is 1.97. The van der Waals surface area contributed by atoms with E-state index in [9.17, 15) is 13.2 Å². The molecule has 0 saturated carbocycles. The molecule has 1 rings (SSSR count). The van der Waals surface area contributed by atoms with E-state index in [-0.39, 0.29) is 5.56 Å². The SMILES string of the molecule is Cc1cc(F)c(N)c(F)c1F. The molecule has 60 valence electrons. The Morgan fingerprint density at radius 1 is 1.18 bits per heavy atom. The third-order valence-corrected chi connectivity index (χ3v) is 1.38. The predicted molar refractivity (Wildman–Crippen MR) is 35.5 cm³/mol. The Morgan fingerprint density at radius 2 is 1.73 bits per heavy atom. The lowest BCUT2D eigenvalue weighted by Crippen LogP contribution is -2.00. The first-order chi connectivity index (χ1) is 5.04. The molecule has 2 N–H and O–H groups in total. The summed E-state index contributed by atoms with van der Waals surface area (Å²) in [5, 5.41) is 0. The van der Waals surface area contributed by atoms with Gasteiger partial charge in [0, 0.05) is 0 Å². The lowest BCUT2D eigenvalue weighted by atomic mass is 10.2. The van der Waals surface area contributed by atoms with Crippen LogP contribution < -0.4 is 5.73 Å². The van der Waals surface area contributed by atoms with Crippen LogP contribution in [0.2, 0.25) is 0 Å². The van der Waals surface area contributed by atoms with Crippen LogP contribution in [0.5, 0.6) is 0 Å². The van der Waals surface area contributed by atoms with Gasteiger partial charge in [-0.3, -0.25) is 0 Å². The van der Waals surface area contributed by atoms with Crippen molar-refractivity contribution < 1.29 is 13.2 Å². The van der Waals surface area contributed by atoms with Gasteiger partial charge < -0.3 is 5.73 Å². The number of hydrogen-bond donors (Lipinski definition) is 1. The summed E-state index contributed by atoms with van der Waals surface area (Å²) in [6.45, 7) is 1.26. The Morgan fingerprint density at radius 3 is 2.27 bits per heavy atom. The molecule has 1 aromatic carbocycles. The Labute approximate surface area is 61.6 Å². The maximum atomic E-state index is 12.5. The zero-order valence-corrected chi connectivity index (χ0v) is 5.79. The average molecular weight is 161 g/mol. The zero-order valence-electron chi connectivity index (χ0n) is 5.79. The largest absolute Gasteiger partial charge is 0.394 e. The number of halogens is 3. The fourth-order valence-electron chi connectivity index (χ4n) is 0.727. The van der Waals surface area contributed by atoms with Gasteiger partial charge in [-0.05, 0) is 18.6 Å². The summed E-state index contributed by atoms with van der Waals surface area (Å²) >= 11 is 0. The molecule has 0 saturated heterocycles. The zero-order chi connectivity index (χ0) is 8.59. The highest BCUT2D eigenvalue weighted by Crippen LogP contribution is 2.20. The number of anilines is 1. The number of aryl methyl sites for hydroxylation is 1. The smallest absolute Gasteiger partial charge is 0.184 e. The molecule has 0 heterocycles. The van der Waals surface area contributed by atoms with Crippen molar-refractivity contribution in [1.29, 1.82) is 0 Å². The van der Waals surface area contributed by atoms with Crippen molar-refractivity contribution in [3.63, 3.8) is 0 Å².